The van der Waals surface area contributed by atoms with Crippen molar-refractivity contribution in [2.75, 3.05) is 41.8 Å². The summed E-state index contributed by atoms with van der Waals surface area (Å²) in [5.41, 5.74) is 3.62. The van der Waals surface area contributed by atoms with E-state index in [1.807, 2.05) is 48.1 Å². The Morgan fingerprint density at radius 3 is 2.58 bits per heavy atom. The molecule has 4 heterocycles. The van der Waals surface area contributed by atoms with E-state index in [2.05, 4.69) is 30.8 Å². The molecule has 0 unspecified atom stereocenters. The van der Waals surface area contributed by atoms with Crippen molar-refractivity contribution in [2.24, 2.45) is 7.05 Å². The number of nitrogens with zero attached hydrogens (tertiary/aromatic N) is 6. The number of hydrogen-bond donors (Lipinski definition) is 2. The first-order valence-electron chi connectivity index (χ1n) is 9.78. The van der Waals surface area contributed by atoms with Crippen molar-refractivity contribution >= 4 is 45.7 Å². The Balaban J connectivity index is 1.41. The fourth-order valence-corrected chi connectivity index (χ4v) is 3.94. The van der Waals surface area contributed by atoms with Gasteiger partial charge in [0.05, 0.1) is 18.9 Å². The van der Waals surface area contributed by atoms with E-state index in [1.165, 1.54) is 11.3 Å². The number of nitrogens with one attached hydrogen (secondary N) is 2. The molecule has 0 aliphatic carbocycles. The fraction of sp³-hybridized carbons (Fsp3) is 0.250. The molecule has 11 heteroatoms. The molecule has 4 aromatic rings. The summed E-state index contributed by atoms with van der Waals surface area (Å²) in [6.45, 7) is 2.78. The zero-order chi connectivity index (χ0) is 21.2. The molecule has 0 atom stereocenters. The molecule has 10 nitrogen and oxygen atoms in total. The van der Waals surface area contributed by atoms with Crippen molar-refractivity contribution in [2.45, 2.75) is 0 Å². The number of urea groups is 1. The van der Waals surface area contributed by atoms with E-state index in [4.69, 9.17) is 9.72 Å². The van der Waals surface area contributed by atoms with Gasteiger partial charge in [0.15, 0.2) is 22.8 Å². The topological polar surface area (TPSA) is 110 Å². The lowest BCUT2D eigenvalue weighted by Crippen LogP contribution is -2.37. The highest BCUT2D eigenvalue weighted by molar-refractivity contribution is 7.08. The van der Waals surface area contributed by atoms with E-state index in [0.29, 0.717) is 35.9 Å². The molecule has 1 fully saturated rings. The lowest BCUT2D eigenvalue weighted by molar-refractivity contribution is 0.122. The minimum Gasteiger partial charge on any atom is -0.378 e. The van der Waals surface area contributed by atoms with Crippen LogP contribution in [0, 0.1) is 0 Å². The van der Waals surface area contributed by atoms with E-state index >= 15 is 0 Å². The Labute approximate surface area is 181 Å². The van der Waals surface area contributed by atoms with E-state index in [-0.39, 0.29) is 6.03 Å². The highest BCUT2D eigenvalue weighted by Gasteiger charge is 2.21. The van der Waals surface area contributed by atoms with Crippen molar-refractivity contribution in [3.8, 4) is 11.4 Å². The second-order valence-electron chi connectivity index (χ2n) is 7.02. The number of morpholine rings is 1. The predicted molar refractivity (Wildman–Crippen MR) is 120 cm³/mol. The number of hydrogen-bond acceptors (Lipinski definition) is 8. The first kappa shape index (κ1) is 19.4. The molecule has 2 N–H and O–H groups in total. The number of amides is 2. The third-order valence-electron chi connectivity index (χ3n) is 4.92. The van der Waals surface area contributed by atoms with Crippen LogP contribution >= 0.6 is 11.3 Å². The summed E-state index contributed by atoms with van der Waals surface area (Å²) in [5.74, 6) is 1.34. The maximum atomic E-state index is 12.1. The number of benzene rings is 1. The van der Waals surface area contributed by atoms with E-state index < -0.39 is 0 Å². The van der Waals surface area contributed by atoms with Crippen molar-refractivity contribution in [1.29, 1.82) is 0 Å². The maximum absolute atomic E-state index is 12.1. The van der Waals surface area contributed by atoms with E-state index in [1.54, 1.807) is 4.68 Å². The molecule has 0 radical (unpaired) electrons. The van der Waals surface area contributed by atoms with Crippen LogP contribution in [0.3, 0.4) is 0 Å². The van der Waals surface area contributed by atoms with Gasteiger partial charge < -0.3 is 20.3 Å². The lowest BCUT2D eigenvalue weighted by atomic mass is 10.2. The molecule has 0 spiro atoms. The molecular formula is C20H20N8O2S. The summed E-state index contributed by atoms with van der Waals surface area (Å²) in [6.07, 6.45) is 0. The standard InChI is InChI=1S/C20H20N8O2S/c1-27-18-16(25-26-27)19(28-7-9-30-10-8-28)24-17(23-18)13-2-4-14(5-3-13)21-20(29)22-15-6-11-31-12-15/h2-6,11-12H,7-10H2,1H3,(H2,21,22,29). The quantitative estimate of drug-likeness (QED) is 0.506. The molecule has 1 saturated heterocycles. The Morgan fingerprint density at radius 1 is 1.06 bits per heavy atom. The van der Waals surface area contributed by atoms with Gasteiger partial charge in [-0.15, -0.1) is 5.10 Å². The van der Waals surface area contributed by atoms with Gasteiger partial charge in [-0.1, -0.05) is 5.21 Å². The summed E-state index contributed by atoms with van der Waals surface area (Å²) in [7, 11) is 1.81. The summed E-state index contributed by atoms with van der Waals surface area (Å²) in [5, 5.41) is 17.8. The molecule has 1 aromatic carbocycles. The molecule has 1 aliphatic rings. The van der Waals surface area contributed by atoms with E-state index in [9.17, 15) is 4.79 Å². The molecule has 5 rings (SSSR count). The minimum atomic E-state index is -0.292. The van der Waals surface area contributed by atoms with Gasteiger partial charge in [-0.3, -0.25) is 0 Å². The van der Waals surface area contributed by atoms with Gasteiger partial charge in [0.1, 0.15) is 0 Å². The van der Waals surface area contributed by atoms with Crippen LogP contribution in [0.4, 0.5) is 22.0 Å². The highest BCUT2D eigenvalue weighted by Crippen LogP contribution is 2.27. The summed E-state index contributed by atoms with van der Waals surface area (Å²) in [6, 6.07) is 8.97. The van der Waals surface area contributed by atoms with Gasteiger partial charge in [-0.2, -0.15) is 11.3 Å². The van der Waals surface area contributed by atoms with Crippen LogP contribution in [0.2, 0.25) is 0 Å². The second kappa shape index (κ2) is 8.28. The van der Waals surface area contributed by atoms with Gasteiger partial charge in [0.2, 0.25) is 0 Å². The van der Waals surface area contributed by atoms with Crippen LogP contribution < -0.4 is 15.5 Å². The SMILES string of the molecule is Cn1nnc2c(N3CCOCC3)nc(-c3ccc(NC(=O)Nc4ccsc4)cc3)nc21. The van der Waals surface area contributed by atoms with Gasteiger partial charge >= 0.3 is 6.03 Å². The van der Waals surface area contributed by atoms with Crippen molar-refractivity contribution < 1.29 is 9.53 Å². The summed E-state index contributed by atoms with van der Waals surface area (Å²) < 4.78 is 7.11. The third kappa shape index (κ3) is 4.05. The number of fused-ring (bicyclic) bond motifs is 1. The second-order valence-corrected chi connectivity index (χ2v) is 7.80. The predicted octanol–water partition coefficient (Wildman–Crippen LogP) is 2.97. The number of rotatable bonds is 4. The Hall–Kier alpha value is -3.57. The first-order valence-corrected chi connectivity index (χ1v) is 10.7. The van der Waals surface area contributed by atoms with Crippen LogP contribution in [0.15, 0.2) is 41.1 Å². The van der Waals surface area contributed by atoms with Crippen molar-refractivity contribution in [3.63, 3.8) is 0 Å². The zero-order valence-corrected chi connectivity index (χ0v) is 17.6. The lowest BCUT2D eigenvalue weighted by Gasteiger charge is -2.27. The average molecular weight is 437 g/mol. The molecule has 31 heavy (non-hydrogen) atoms. The molecule has 0 saturated carbocycles. The average Bonchev–Trinajstić information content (AvgIpc) is 3.44. The molecule has 2 amide bonds. The Morgan fingerprint density at radius 2 is 1.84 bits per heavy atom. The normalized spacial score (nSPS) is 14.0. The number of anilines is 3. The molecular weight excluding hydrogens is 416 g/mol. The van der Waals surface area contributed by atoms with Gasteiger partial charge in [0, 0.05) is 36.8 Å². The molecule has 0 bridgehead atoms. The molecule has 3 aromatic heterocycles. The van der Waals surface area contributed by atoms with Crippen LogP contribution in [-0.4, -0.2) is 57.3 Å². The van der Waals surface area contributed by atoms with Crippen LogP contribution in [0.1, 0.15) is 0 Å². The third-order valence-corrected chi connectivity index (χ3v) is 5.61. The van der Waals surface area contributed by atoms with Crippen molar-refractivity contribution in [3.05, 3.63) is 41.1 Å². The number of aromatic nitrogens is 5. The smallest absolute Gasteiger partial charge is 0.323 e. The minimum absolute atomic E-state index is 0.292. The van der Waals surface area contributed by atoms with E-state index in [0.717, 1.165) is 30.2 Å². The zero-order valence-electron chi connectivity index (χ0n) is 16.8. The number of thiophene rings is 1. The number of aryl methyl sites for hydroxylation is 1. The number of carbonyl (C=O) groups is 1. The van der Waals surface area contributed by atoms with Crippen LogP contribution in [-0.2, 0) is 11.8 Å². The summed E-state index contributed by atoms with van der Waals surface area (Å²) >= 11 is 1.52. The monoisotopic (exact) mass is 436 g/mol. The van der Waals surface area contributed by atoms with Crippen LogP contribution in [0.25, 0.3) is 22.6 Å². The molecule has 158 valence electrons. The first-order chi connectivity index (χ1) is 15.2. The van der Waals surface area contributed by atoms with Gasteiger partial charge in [0.25, 0.3) is 0 Å². The largest absolute Gasteiger partial charge is 0.378 e. The summed E-state index contributed by atoms with van der Waals surface area (Å²) in [4.78, 5) is 23.7. The fourth-order valence-electron chi connectivity index (χ4n) is 3.36. The van der Waals surface area contributed by atoms with Crippen LogP contribution in [0.5, 0.6) is 0 Å². The number of ether oxygens (including phenoxy) is 1. The Bertz CT molecular complexity index is 1200. The van der Waals surface area contributed by atoms with Crippen molar-refractivity contribution in [1.82, 2.24) is 25.0 Å². The van der Waals surface area contributed by atoms with Gasteiger partial charge in [-0.25, -0.2) is 19.4 Å². The molecule has 1 aliphatic heterocycles. The van der Waals surface area contributed by atoms with Gasteiger partial charge in [-0.05, 0) is 35.7 Å². The Kier molecular flexibility index (Phi) is 5.18. The highest BCUT2D eigenvalue weighted by atomic mass is 32.1. The number of carbonyl (C=O) groups excluding carboxylic acids is 1. The maximum Gasteiger partial charge on any atom is 0.323 e.